The zero-order chi connectivity index (χ0) is 23.3. The van der Waals surface area contributed by atoms with Crippen molar-refractivity contribution >= 4 is 0 Å². The van der Waals surface area contributed by atoms with Crippen molar-refractivity contribution in [3.63, 3.8) is 0 Å². The van der Waals surface area contributed by atoms with E-state index in [1.165, 1.54) is 38.5 Å². The van der Waals surface area contributed by atoms with E-state index in [0.717, 1.165) is 55.8 Å². The lowest BCUT2D eigenvalue weighted by Gasteiger charge is -2.29. The fourth-order valence-electron chi connectivity index (χ4n) is 4.25. The molecule has 2 aromatic rings. The van der Waals surface area contributed by atoms with Gasteiger partial charge in [-0.1, -0.05) is 76.6 Å². The lowest BCUT2D eigenvalue weighted by Crippen LogP contribution is -2.32. The van der Waals surface area contributed by atoms with Gasteiger partial charge in [0.15, 0.2) is 6.29 Å². The van der Waals surface area contributed by atoms with E-state index in [2.05, 4.69) is 13.8 Å². The molecule has 0 saturated carbocycles. The van der Waals surface area contributed by atoms with Gasteiger partial charge in [-0.2, -0.15) is 0 Å². The van der Waals surface area contributed by atoms with E-state index in [1.807, 2.05) is 36.4 Å². The number of unbranched alkanes of at least 4 members (excludes halogenated alkanes) is 5. The van der Waals surface area contributed by atoms with Gasteiger partial charge in [-0.15, -0.1) is 0 Å². The molecule has 1 aliphatic heterocycles. The topological polar surface area (TPSA) is 27.7 Å². The molecule has 1 saturated heterocycles. The molecule has 4 heteroatoms. The second kappa shape index (κ2) is 14.4. The highest BCUT2D eigenvalue weighted by Crippen LogP contribution is 2.27. The van der Waals surface area contributed by atoms with Crippen LogP contribution in [0.3, 0.4) is 0 Å². The van der Waals surface area contributed by atoms with Crippen molar-refractivity contribution in [1.82, 2.24) is 0 Å². The third kappa shape index (κ3) is 8.75. The molecule has 0 aliphatic carbocycles. The Balaban J connectivity index is 1.41. The molecule has 182 valence electrons. The Morgan fingerprint density at radius 3 is 2.27 bits per heavy atom. The molecule has 0 aromatic heterocycles. The van der Waals surface area contributed by atoms with Crippen LogP contribution in [0.15, 0.2) is 42.5 Å². The van der Waals surface area contributed by atoms with E-state index in [0.29, 0.717) is 18.1 Å². The SMILES string of the molecule is CCCCCCCC1COC(CCc2ccc(-c3ccc(OCCCC)cc3)c(F)c2)OC1. The van der Waals surface area contributed by atoms with Crippen molar-refractivity contribution < 1.29 is 18.6 Å². The number of rotatable bonds is 14. The summed E-state index contributed by atoms with van der Waals surface area (Å²) in [5.74, 6) is 1.15. The summed E-state index contributed by atoms with van der Waals surface area (Å²) in [6.07, 6.45) is 11.2. The first-order chi connectivity index (χ1) is 16.2. The Hall–Kier alpha value is -1.91. The van der Waals surface area contributed by atoms with Crippen LogP contribution in [0.2, 0.25) is 0 Å². The fraction of sp³-hybridized carbons (Fsp3) is 0.586. The summed E-state index contributed by atoms with van der Waals surface area (Å²) in [7, 11) is 0. The molecule has 2 aromatic carbocycles. The van der Waals surface area contributed by atoms with Gasteiger partial charge in [-0.05, 0) is 48.6 Å². The predicted molar refractivity (Wildman–Crippen MR) is 133 cm³/mol. The summed E-state index contributed by atoms with van der Waals surface area (Å²) in [4.78, 5) is 0. The fourth-order valence-corrected chi connectivity index (χ4v) is 4.25. The van der Waals surface area contributed by atoms with Crippen molar-refractivity contribution in [1.29, 1.82) is 0 Å². The van der Waals surface area contributed by atoms with Crippen molar-refractivity contribution in [2.24, 2.45) is 5.92 Å². The Labute approximate surface area is 199 Å². The number of aryl methyl sites for hydroxylation is 1. The van der Waals surface area contributed by atoms with E-state index in [4.69, 9.17) is 14.2 Å². The monoisotopic (exact) mass is 456 g/mol. The van der Waals surface area contributed by atoms with Crippen LogP contribution in [0.5, 0.6) is 5.75 Å². The zero-order valence-corrected chi connectivity index (χ0v) is 20.5. The van der Waals surface area contributed by atoms with E-state index in [-0.39, 0.29) is 12.1 Å². The molecular formula is C29H41FO3. The first kappa shape index (κ1) is 25.7. The second-order valence-corrected chi connectivity index (χ2v) is 9.24. The summed E-state index contributed by atoms with van der Waals surface area (Å²) >= 11 is 0. The Morgan fingerprint density at radius 1 is 0.848 bits per heavy atom. The molecule has 0 N–H and O–H groups in total. The summed E-state index contributed by atoms with van der Waals surface area (Å²) in [5.41, 5.74) is 2.45. The minimum absolute atomic E-state index is 0.177. The molecule has 0 bridgehead atoms. The quantitative estimate of drug-likeness (QED) is 0.270. The molecule has 3 nitrogen and oxygen atoms in total. The Bertz CT molecular complexity index is 797. The van der Waals surface area contributed by atoms with E-state index in [1.54, 1.807) is 6.07 Å². The summed E-state index contributed by atoms with van der Waals surface area (Å²) in [6.45, 7) is 6.66. The van der Waals surface area contributed by atoms with E-state index < -0.39 is 0 Å². The first-order valence-corrected chi connectivity index (χ1v) is 12.9. The number of ether oxygens (including phenoxy) is 3. The highest BCUT2D eigenvalue weighted by molar-refractivity contribution is 5.65. The van der Waals surface area contributed by atoms with Gasteiger partial charge in [0.1, 0.15) is 11.6 Å². The van der Waals surface area contributed by atoms with Gasteiger partial charge in [0, 0.05) is 17.9 Å². The maximum absolute atomic E-state index is 14.8. The van der Waals surface area contributed by atoms with Gasteiger partial charge >= 0.3 is 0 Å². The van der Waals surface area contributed by atoms with Crippen LogP contribution in [0.1, 0.15) is 77.2 Å². The third-order valence-corrected chi connectivity index (χ3v) is 6.39. The van der Waals surface area contributed by atoms with Crippen molar-refractivity contribution in [2.45, 2.75) is 84.3 Å². The number of halogens is 1. The zero-order valence-electron chi connectivity index (χ0n) is 20.5. The molecule has 0 atom stereocenters. The van der Waals surface area contributed by atoms with Crippen molar-refractivity contribution in [2.75, 3.05) is 19.8 Å². The maximum atomic E-state index is 14.8. The minimum atomic E-state index is -0.194. The smallest absolute Gasteiger partial charge is 0.157 e. The minimum Gasteiger partial charge on any atom is -0.494 e. The van der Waals surface area contributed by atoms with Gasteiger partial charge < -0.3 is 14.2 Å². The summed E-state index contributed by atoms with van der Waals surface area (Å²) in [5, 5.41) is 0. The molecule has 0 unspecified atom stereocenters. The van der Waals surface area contributed by atoms with E-state index in [9.17, 15) is 4.39 Å². The largest absolute Gasteiger partial charge is 0.494 e. The summed E-state index contributed by atoms with van der Waals surface area (Å²) in [6, 6.07) is 13.2. The predicted octanol–water partition coefficient (Wildman–Crippen LogP) is 7.95. The van der Waals surface area contributed by atoms with Crippen LogP contribution >= 0.6 is 0 Å². The van der Waals surface area contributed by atoms with Crippen LogP contribution < -0.4 is 4.74 Å². The average molecular weight is 457 g/mol. The maximum Gasteiger partial charge on any atom is 0.157 e. The molecule has 0 spiro atoms. The number of benzene rings is 2. The molecule has 1 fully saturated rings. The van der Waals surface area contributed by atoms with Gasteiger partial charge in [0.25, 0.3) is 0 Å². The number of hydrogen-bond donors (Lipinski definition) is 0. The number of hydrogen-bond acceptors (Lipinski definition) is 3. The standard InChI is InChI=1S/C29H41FO3/c1-3-5-7-8-9-10-24-21-32-29(33-22-24)18-12-23-11-17-27(28(30)20-23)25-13-15-26(16-14-25)31-19-6-4-2/h11,13-17,20,24,29H,3-10,12,18-19,21-22H2,1-2H3. The highest BCUT2D eigenvalue weighted by Gasteiger charge is 2.22. The van der Waals surface area contributed by atoms with Gasteiger partial charge in [-0.3, -0.25) is 0 Å². The Kier molecular flexibility index (Phi) is 11.2. The average Bonchev–Trinajstić information content (AvgIpc) is 2.84. The van der Waals surface area contributed by atoms with E-state index >= 15 is 0 Å². The molecule has 33 heavy (non-hydrogen) atoms. The van der Waals surface area contributed by atoms with Gasteiger partial charge in [-0.25, -0.2) is 4.39 Å². The third-order valence-electron chi connectivity index (χ3n) is 6.39. The normalized spacial score (nSPS) is 18.4. The molecule has 0 amide bonds. The van der Waals surface area contributed by atoms with Crippen LogP contribution in [0.25, 0.3) is 11.1 Å². The molecule has 3 rings (SSSR count). The molecule has 1 heterocycles. The van der Waals surface area contributed by atoms with Crippen molar-refractivity contribution in [3.05, 3.63) is 53.8 Å². The van der Waals surface area contributed by atoms with Crippen LogP contribution in [0, 0.1) is 11.7 Å². The highest BCUT2D eigenvalue weighted by atomic mass is 19.1. The summed E-state index contributed by atoms with van der Waals surface area (Å²) < 4.78 is 32.4. The van der Waals surface area contributed by atoms with Crippen molar-refractivity contribution in [3.8, 4) is 16.9 Å². The molecule has 0 radical (unpaired) electrons. The van der Waals surface area contributed by atoms with Crippen LogP contribution in [-0.4, -0.2) is 26.1 Å². The Morgan fingerprint density at radius 2 is 1.58 bits per heavy atom. The second-order valence-electron chi connectivity index (χ2n) is 9.24. The lowest BCUT2D eigenvalue weighted by atomic mass is 10.00. The molecular weight excluding hydrogens is 415 g/mol. The first-order valence-electron chi connectivity index (χ1n) is 12.9. The van der Waals surface area contributed by atoms with Gasteiger partial charge in [0.2, 0.25) is 0 Å². The van der Waals surface area contributed by atoms with Gasteiger partial charge in [0.05, 0.1) is 19.8 Å². The van der Waals surface area contributed by atoms with Crippen LogP contribution in [0.4, 0.5) is 4.39 Å². The molecule has 1 aliphatic rings. The lowest BCUT2D eigenvalue weighted by molar-refractivity contribution is -0.203. The van der Waals surface area contributed by atoms with Crippen LogP contribution in [-0.2, 0) is 15.9 Å².